The van der Waals surface area contributed by atoms with Gasteiger partial charge in [-0.3, -0.25) is 4.79 Å². The van der Waals surface area contributed by atoms with Gasteiger partial charge in [-0.05, 0) is 51.4 Å². The standard InChI is InChI=1S/C16H23FN2O2/c1-4-19(13-6-7-13)16(20)10-21-15-8-5-12(9-14(15)17)11(2)18-3/h5,8-9,11,13,18H,4,6-7,10H2,1-3H3. The largest absolute Gasteiger partial charge is 0.481 e. The molecule has 2 rings (SSSR count). The van der Waals surface area contributed by atoms with Gasteiger partial charge in [0.15, 0.2) is 18.2 Å². The number of benzene rings is 1. The van der Waals surface area contributed by atoms with E-state index in [9.17, 15) is 9.18 Å². The molecule has 21 heavy (non-hydrogen) atoms. The average molecular weight is 294 g/mol. The maximum Gasteiger partial charge on any atom is 0.260 e. The Bertz CT molecular complexity index is 503. The zero-order valence-corrected chi connectivity index (χ0v) is 12.9. The van der Waals surface area contributed by atoms with E-state index in [0.717, 1.165) is 18.4 Å². The van der Waals surface area contributed by atoms with Crippen LogP contribution in [0.5, 0.6) is 5.75 Å². The number of carbonyl (C=O) groups excluding carboxylic acids is 1. The summed E-state index contributed by atoms with van der Waals surface area (Å²) >= 11 is 0. The third-order valence-corrected chi connectivity index (χ3v) is 3.89. The maximum atomic E-state index is 14.0. The number of halogens is 1. The van der Waals surface area contributed by atoms with Crippen molar-refractivity contribution < 1.29 is 13.9 Å². The summed E-state index contributed by atoms with van der Waals surface area (Å²) in [5.41, 5.74) is 0.849. The number of likely N-dealkylation sites (N-methyl/N-ethyl adjacent to an activating group) is 1. The summed E-state index contributed by atoms with van der Waals surface area (Å²) in [6.45, 7) is 4.47. The molecular weight excluding hydrogens is 271 g/mol. The Morgan fingerprint density at radius 1 is 1.52 bits per heavy atom. The molecule has 1 fully saturated rings. The molecule has 0 radical (unpaired) electrons. The van der Waals surface area contributed by atoms with Crippen LogP contribution < -0.4 is 10.1 Å². The number of hydrogen-bond donors (Lipinski definition) is 1. The van der Waals surface area contributed by atoms with Crippen LogP contribution in [-0.4, -0.2) is 37.0 Å². The fourth-order valence-electron chi connectivity index (χ4n) is 2.32. The molecule has 0 aliphatic heterocycles. The molecule has 1 saturated carbocycles. The summed E-state index contributed by atoms with van der Waals surface area (Å²) in [5, 5.41) is 3.05. The number of rotatable bonds is 7. The van der Waals surface area contributed by atoms with E-state index in [1.54, 1.807) is 11.0 Å². The molecule has 1 amide bonds. The first-order valence-corrected chi connectivity index (χ1v) is 7.45. The van der Waals surface area contributed by atoms with Crippen LogP contribution in [0.4, 0.5) is 4.39 Å². The SMILES string of the molecule is CCN(C(=O)COc1ccc(C(C)NC)cc1F)C1CC1. The van der Waals surface area contributed by atoms with Gasteiger partial charge in [0.2, 0.25) is 0 Å². The van der Waals surface area contributed by atoms with Gasteiger partial charge >= 0.3 is 0 Å². The Morgan fingerprint density at radius 3 is 2.76 bits per heavy atom. The first-order valence-electron chi connectivity index (χ1n) is 7.45. The van der Waals surface area contributed by atoms with Gasteiger partial charge in [-0.15, -0.1) is 0 Å². The minimum Gasteiger partial charge on any atom is -0.481 e. The highest BCUT2D eigenvalue weighted by atomic mass is 19.1. The van der Waals surface area contributed by atoms with Crippen LogP contribution in [-0.2, 0) is 4.79 Å². The van der Waals surface area contributed by atoms with Crippen molar-refractivity contribution in [1.82, 2.24) is 10.2 Å². The zero-order chi connectivity index (χ0) is 15.4. The topological polar surface area (TPSA) is 41.6 Å². The van der Waals surface area contributed by atoms with Crippen LogP contribution in [0.1, 0.15) is 38.3 Å². The van der Waals surface area contributed by atoms with Crippen molar-refractivity contribution in [3.05, 3.63) is 29.6 Å². The van der Waals surface area contributed by atoms with E-state index in [1.807, 2.05) is 27.0 Å². The maximum absolute atomic E-state index is 14.0. The summed E-state index contributed by atoms with van der Waals surface area (Å²) in [4.78, 5) is 13.8. The lowest BCUT2D eigenvalue weighted by molar-refractivity contribution is -0.133. The normalized spacial score (nSPS) is 15.6. The summed E-state index contributed by atoms with van der Waals surface area (Å²) in [7, 11) is 1.82. The van der Waals surface area contributed by atoms with Crippen LogP contribution in [0.25, 0.3) is 0 Å². The van der Waals surface area contributed by atoms with Gasteiger partial charge in [-0.25, -0.2) is 4.39 Å². The van der Waals surface area contributed by atoms with E-state index in [1.165, 1.54) is 6.07 Å². The van der Waals surface area contributed by atoms with Crippen molar-refractivity contribution in [3.8, 4) is 5.75 Å². The smallest absolute Gasteiger partial charge is 0.260 e. The van der Waals surface area contributed by atoms with Crippen LogP contribution in [0.15, 0.2) is 18.2 Å². The Hall–Kier alpha value is -1.62. The molecule has 1 aromatic carbocycles. The Morgan fingerprint density at radius 2 is 2.24 bits per heavy atom. The lowest BCUT2D eigenvalue weighted by Gasteiger charge is -2.20. The highest BCUT2D eigenvalue weighted by molar-refractivity contribution is 5.78. The number of nitrogens with zero attached hydrogens (tertiary/aromatic N) is 1. The van der Waals surface area contributed by atoms with E-state index in [2.05, 4.69) is 5.32 Å². The minimum atomic E-state index is -0.433. The monoisotopic (exact) mass is 294 g/mol. The molecule has 1 aliphatic rings. The van der Waals surface area contributed by atoms with Crippen LogP contribution >= 0.6 is 0 Å². The molecule has 0 heterocycles. The van der Waals surface area contributed by atoms with Gasteiger partial charge in [-0.2, -0.15) is 0 Å². The molecule has 0 saturated heterocycles. The number of nitrogens with one attached hydrogen (secondary N) is 1. The van der Waals surface area contributed by atoms with Crippen LogP contribution in [0, 0.1) is 5.82 Å². The van der Waals surface area contributed by atoms with Gasteiger partial charge in [0, 0.05) is 18.6 Å². The van der Waals surface area contributed by atoms with Crippen LogP contribution in [0.3, 0.4) is 0 Å². The third-order valence-electron chi connectivity index (χ3n) is 3.89. The fourth-order valence-corrected chi connectivity index (χ4v) is 2.32. The van der Waals surface area contributed by atoms with Crippen molar-refractivity contribution in [2.75, 3.05) is 20.2 Å². The lowest BCUT2D eigenvalue weighted by Crippen LogP contribution is -2.36. The molecular formula is C16H23FN2O2. The van der Waals surface area contributed by atoms with Gasteiger partial charge in [0.1, 0.15) is 0 Å². The third kappa shape index (κ3) is 3.94. The minimum absolute atomic E-state index is 0.0700. The molecule has 0 spiro atoms. The summed E-state index contributed by atoms with van der Waals surface area (Å²) < 4.78 is 19.3. The Labute approximate surface area is 125 Å². The highest BCUT2D eigenvalue weighted by Gasteiger charge is 2.31. The first kappa shape index (κ1) is 15.8. The molecule has 5 heteroatoms. The van der Waals surface area contributed by atoms with Crippen molar-refractivity contribution in [3.63, 3.8) is 0 Å². The molecule has 1 unspecified atom stereocenters. The fraction of sp³-hybridized carbons (Fsp3) is 0.562. The molecule has 1 atom stereocenters. The predicted molar refractivity (Wildman–Crippen MR) is 79.8 cm³/mol. The summed E-state index contributed by atoms with van der Waals surface area (Å²) in [6, 6.07) is 5.26. The van der Waals surface area contributed by atoms with Gasteiger partial charge in [0.25, 0.3) is 5.91 Å². The van der Waals surface area contributed by atoms with Crippen molar-refractivity contribution in [1.29, 1.82) is 0 Å². The van der Waals surface area contributed by atoms with E-state index in [-0.39, 0.29) is 24.3 Å². The molecule has 1 aliphatic carbocycles. The summed E-state index contributed by atoms with van der Waals surface area (Å²) in [5.74, 6) is -0.383. The lowest BCUT2D eigenvalue weighted by atomic mass is 10.1. The second kappa shape index (κ2) is 6.89. The number of amides is 1. The Kier molecular flexibility index (Phi) is 5.17. The molecule has 116 valence electrons. The van der Waals surface area contributed by atoms with E-state index < -0.39 is 5.82 Å². The molecule has 0 aromatic heterocycles. The van der Waals surface area contributed by atoms with Crippen molar-refractivity contribution in [2.45, 2.75) is 38.8 Å². The number of ether oxygens (including phenoxy) is 1. The van der Waals surface area contributed by atoms with Crippen molar-refractivity contribution >= 4 is 5.91 Å². The number of hydrogen-bond acceptors (Lipinski definition) is 3. The van der Waals surface area contributed by atoms with Gasteiger partial charge in [-0.1, -0.05) is 6.07 Å². The second-order valence-corrected chi connectivity index (χ2v) is 5.40. The molecule has 0 bridgehead atoms. The first-order chi connectivity index (χ1) is 10.1. The Balaban J connectivity index is 1.95. The number of carbonyl (C=O) groups is 1. The highest BCUT2D eigenvalue weighted by Crippen LogP contribution is 2.27. The molecule has 1 N–H and O–H groups in total. The van der Waals surface area contributed by atoms with Gasteiger partial charge < -0.3 is 15.0 Å². The quantitative estimate of drug-likeness (QED) is 0.840. The predicted octanol–water partition coefficient (Wildman–Crippen LogP) is 2.50. The van der Waals surface area contributed by atoms with E-state index in [4.69, 9.17) is 4.74 Å². The van der Waals surface area contributed by atoms with Crippen LogP contribution in [0.2, 0.25) is 0 Å². The second-order valence-electron chi connectivity index (χ2n) is 5.40. The molecule has 1 aromatic rings. The zero-order valence-electron chi connectivity index (χ0n) is 12.9. The van der Waals surface area contributed by atoms with Gasteiger partial charge in [0.05, 0.1) is 0 Å². The average Bonchev–Trinajstić information content (AvgIpc) is 3.30. The van der Waals surface area contributed by atoms with E-state index >= 15 is 0 Å². The molecule has 4 nitrogen and oxygen atoms in total. The van der Waals surface area contributed by atoms with E-state index in [0.29, 0.717) is 12.6 Å². The summed E-state index contributed by atoms with van der Waals surface area (Å²) in [6.07, 6.45) is 2.12. The van der Waals surface area contributed by atoms with Crippen molar-refractivity contribution in [2.24, 2.45) is 0 Å².